The summed E-state index contributed by atoms with van der Waals surface area (Å²) in [6.45, 7) is 0.254. The molecule has 4 aromatic rings. The van der Waals surface area contributed by atoms with Crippen molar-refractivity contribution in [3.05, 3.63) is 78.1 Å². The minimum atomic E-state index is -0.405. The van der Waals surface area contributed by atoms with Crippen molar-refractivity contribution in [1.29, 1.82) is 0 Å². The van der Waals surface area contributed by atoms with E-state index >= 15 is 0 Å². The summed E-state index contributed by atoms with van der Waals surface area (Å²) in [5.74, 6) is 3.11. The molecule has 0 aliphatic heterocycles. The van der Waals surface area contributed by atoms with E-state index in [1.807, 2.05) is 54.1 Å². The first-order chi connectivity index (χ1) is 15.1. The van der Waals surface area contributed by atoms with Gasteiger partial charge in [0.2, 0.25) is 0 Å². The third-order valence-electron chi connectivity index (χ3n) is 4.86. The topological polar surface area (TPSA) is 71.8 Å². The van der Waals surface area contributed by atoms with Gasteiger partial charge in [-0.15, -0.1) is 0 Å². The first-order valence-corrected chi connectivity index (χ1v) is 9.66. The molecular weight excluding hydrogens is 396 g/mol. The zero-order valence-corrected chi connectivity index (χ0v) is 17.5. The normalized spacial score (nSPS) is 10.7. The molecular formula is C24H22N2O5. The summed E-state index contributed by atoms with van der Waals surface area (Å²) >= 11 is 0. The quantitative estimate of drug-likeness (QED) is 0.404. The molecule has 0 radical (unpaired) electrons. The lowest BCUT2D eigenvalue weighted by atomic mass is 10.2. The maximum atomic E-state index is 11.7. The molecule has 0 spiro atoms. The zero-order chi connectivity index (χ0) is 21.8. The minimum Gasteiger partial charge on any atom is -0.497 e. The van der Waals surface area contributed by atoms with E-state index in [1.54, 1.807) is 31.4 Å². The fourth-order valence-corrected chi connectivity index (χ4v) is 3.17. The second kappa shape index (κ2) is 8.79. The van der Waals surface area contributed by atoms with Gasteiger partial charge in [-0.1, -0.05) is 6.07 Å². The van der Waals surface area contributed by atoms with Crippen LogP contribution >= 0.6 is 0 Å². The average Bonchev–Trinajstić information content (AvgIpc) is 3.13. The number of aryl methyl sites for hydroxylation is 1. The summed E-state index contributed by atoms with van der Waals surface area (Å²) in [7, 11) is 4.90. The molecule has 0 amide bonds. The monoisotopic (exact) mass is 418 g/mol. The Labute approximate surface area is 179 Å². The first-order valence-electron chi connectivity index (χ1n) is 9.66. The number of rotatable bonds is 7. The standard InChI is InChI=1S/C24H22N2O5/c1-26-22-14-20(31-18-9-7-17(28-2)8-10-18)11-12-21(22)25-23(26)15-30-19-6-4-5-16(13-19)24(27)29-3/h4-14H,15H2,1-3H3. The van der Waals surface area contributed by atoms with Crippen LogP contribution < -0.4 is 14.2 Å². The molecule has 0 saturated carbocycles. The van der Waals surface area contributed by atoms with E-state index in [9.17, 15) is 4.79 Å². The second-order valence-electron chi connectivity index (χ2n) is 6.82. The molecule has 7 nitrogen and oxygen atoms in total. The lowest BCUT2D eigenvalue weighted by Crippen LogP contribution is -2.05. The molecule has 158 valence electrons. The highest BCUT2D eigenvalue weighted by atomic mass is 16.5. The van der Waals surface area contributed by atoms with Gasteiger partial charge < -0.3 is 23.5 Å². The predicted octanol–water partition coefficient (Wildman–Crippen LogP) is 4.74. The van der Waals surface area contributed by atoms with Crippen LogP contribution in [0.15, 0.2) is 66.7 Å². The summed E-state index contributed by atoms with van der Waals surface area (Å²) in [6, 6.07) is 20.0. The molecule has 0 saturated heterocycles. The number of carbonyl (C=O) groups excluding carboxylic acids is 1. The molecule has 1 heterocycles. The van der Waals surface area contributed by atoms with Crippen molar-refractivity contribution >= 4 is 17.0 Å². The largest absolute Gasteiger partial charge is 0.497 e. The number of nitrogens with zero attached hydrogens (tertiary/aromatic N) is 2. The number of hydrogen-bond acceptors (Lipinski definition) is 6. The van der Waals surface area contributed by atoms with E-state index in [4.69, 9.17) is 18.9 Å². The molecule has 0 fully saturated rings. The van der Waals surface area contributed by atoms with E-state index in [0.717, 1.165) is 28.4 Å². The average molecular weight is 418 g/mol. The number of methoxy groups -OCH3 is 2. The van der Waals surface area contributed by atoms with Crippen molar-refractivity contribution in [2.24, 2.45) is 7.05 Å². The second-order valence-corrected chi connectivity index (χ2v) is 6.82. The Hall–Kier alpha value is -4.00. The maximum Gasteiger partial charge on any atom is 0.337 e. The van der Waals surface area contributed by atoms with E-state index in [0.29, 0.717) is 17.1 Å². The molecule has 31 heavy (non-hydrogen) atoms. The van der Waals surface area contributed by atoms with E-state index < -0.39 is 5.97 Å². The van der Waals surface area contributed by atoms with Crippen LogP contribution in [-0.2, 0) is 18.4 Å². The Morgan fingerprint density at radius 1 is 0.903 bits per heavy atom. The van der Waals surface area contributed by atoms with Gasteiger partial charge in [-0.25, -0.2) is 9.78 Å². The molecule has 0 atom stereocenters. The molecule has 0 aliphatic carbocycles. The van der Waals surface area contributed by atoms with Crippen molar-refractivity contribution < 1.29 is 23.7 Å². The van der Waals surface area contributed by atoms with Crippen molar-refractivity contribution in [2.45, 2.75) is 6.61 Å². The number of ether oxygens (including phenoxy) is 4. The number of fused-ring (bicyclic) bond motifs is 1. The van der Waals surface area contributed by atoms with Crippen molar-refractivity contribution in [2.75, 3.05) is 14.2 Å². The SMILES string of the molecule is COC(=O)c1cccc(OCc2nc3ccc(Oc4ccc(OC)cc4)cc3n2C)c1. The van der Waals surface area contributed by atoms with Gasteiger partial charge in [0.15, 0.2) is 0 Å². The van der Waals surface area contributed by atoms with Crippen molar-refractivity contribution in [3.8, 4) is 23.0 Å². The maximum absolute atomic E-state index is 11.7. The van der Waals surface area contributed by atoms with Crippen LogP contribution in [0.3, 0.4) is 0 Å². The van der Waals surface area contributed by atoms with Gasteiger partial charge in [0.05, 0.1) is 30.8 Å². The number of benzene rings is 3. The van der Waals surface area contributed by atoms with Crippen LogP contribution in [0.1, 0.15) is 16.2 Å². The van der Waals surface area contributed by atoms with E-state index in [1.165, 1.54) is 7.11 Å². The summed E-state index contributed by atoms with van der Waals surface area (Å²) in [4.78, 5) is 16.3. The molecule has 4 rings (SSSR count). The van der Waals surface area contributed by atoms with Crippen LogP contribution in [0.5, 0.6) is 23.0 Å². The molecule has 7 heteroatoms. The summed E-state index contributed by atoms with van der Waals surface area (Å²) in [5, 5.41) is 0. The molecule has 0 aliphatic rings. The molecule has 0 N–H and O–H groups in total. The molecule has 3 aromatic carbocycles. The Morgan fingerprint density at radius 3 is 2.39 bits per heavy atom. The Balaban J connectivity index is 1.50. The van der Waals surface area contributed by atoms with Crippen LogP contribution in [0.2, 0.25) is 0 Å². The molecule has 0 bridgehead atoms. The van der Waals surface area contributed by atoms with Crippen LogP contribution in [0.25, 0.3) is 11.0 Å². The fraction of sp³-hybridized carbons (Fsp3) is 0.167. The highest BCUT2D eigenvalue weighted by molar-refractivity contribution is 5.89. The summed E-state index contributed by atoms with van der Waals surface area (Å²) in [5.41, 5.74) is 2.20. The van der Waals surface area contributed by atoms with Crippen molar-refractivity contribution in [1.82, 2.24) is 9.55 Å². The smallest absolute Gasteiger partial charge is 0.337 e. The molecule has 0 unspecified atom stereocenters. The number of hydrogen-bond donors (Lipinski definition) is 0. The fourth-order valence-electron chi connectivity index (χ4n) is 3.17. The van der Waals surface area contributed by atoms with Crippen LogP contribution in [0.4, 0.5) is 0 Å². The predicted molar refractivity (Wildman–Crippen MR) is 116 cm³/mol. The first kappa shape index (κ1) is 20.3. The Bertz CT molecular complexity index is 1210. The Kier molecular flexibility index (Phi) is 5.75. The minimum absolute atomic E-state index is 0.254. The van der Waals surface area contributed by atoms with Gasteiger partial charge in [0.1, 0.15) is 35.4 Å². The zero-order valence-electron chi connectivity index (χ0n) is 17.5. The number of imidazole rings is 1. The highest BCUT2D eigenvalue weighted by Crippen LogP contribution is 2.27. The van der Waals surface area contributed by atoms with Crippen molar-refractivity contribution in [3.63, 3.8) is 0 Å². The lowest BCUT2D eigenvalue weighted by Gasteiger charge is -2.08. The Morgan fingerprint density at radius 2 is 1.65 bits per heavy atom. The van der Waals surface area contributed by atoms with Gasteiger partial charge in [0, 0.05) is 13.1 Å². The summed E-state index contributed by atoms with van der Waals surface area (Å²) in [6.07, 6.45) is 0. The van der Waals surface area contributed by atoms with Gasteiger partial charge in [-0.2, -0.15) is 0 Å². The molecule has 1 aromatic heterocycles. The summed E-state index contributed by atoms with van der Waals surface area (Å²) < 4.78 is 23.7. The third kappa shape index (κ3) is 4.45. The number of carbonyl (C=O) groups is 1. The number of esters is 1. The van der Waals surface area contributed by atoms with Crippen LogP contribution in [0, 0.1) is 0 Å². The van der Waals surface area contributed by atoms with E-state index in [2.05, 4.69) is 4.98 Å². The van der Waals surface area contributed by atoms with Gasteiger partial charge in [0.25, 0.3) is 0 Å². The van der Waals surface area contributed by atoms with Gasteiger partial charge in [-0.05, 0) is 54.6 Å². The third-order valence-corrected chi connectivity index (χ3v) is 4.86. The number of aromatic nitrogens is 2. The van der Waals surface area contributed by atoms with Crippen LogP contribution in [-0.4, -0.2) is 29.7 Å². The van der Waals surface area contributed by atoms with Gasteiger partial charge >= 0.3 is 5.97 Å². The highest BCUT2D eigenvalue weighted by Gasteiger charge is 2.11. The van der Waals surface area contributed by atoms with E-state index in [-0.39, 0.29) is 6.61 Å². The van der Waals surface area contributed by atoms with Gasteiger partial charge in [-0.3, -0.25) is 0 Å². The lowest BCUT2D eigenvalue weighted by molar-refractivity contribution is 0.0600.